The van der Waals surface area contributed by atoms with Gasteiger partial charge in [-0.25, -0.2) is 4.98 Å². The van der Waals surface area contributed by atoms with Crippen LogP contribution in [0, 0.1) is 18.3 Å². The number of methoxy groups -OCH3 is 2. The predicted octanol–water partition coefficient (Wildman–Crippen LogP) is 3.93. The summed E-state index contributed by atoms with van der Waals surface area (Å²) in [5.41, 5.74) is 2.37. The average Bonchev–Trinajstić information content (AvgIpc) is 3.21. The number of amides is 1. The molecule has 3 rings (SSSR count). The normalized spacial score (nSPS) is 11.0. The number of benzene rings is 2. The Balaban J connectivity index is 0.00000385. The lowest BCUT2D eigenvalue weighted by Crippen LogP contribution is -2.27. The number of hydrogen-bond donors (Lipinski definition) is 2. The molecule has 1 heterocycles. The Morgan fingerprint density at radius 2 is 1.94 bits per heavy atom. The summed E-state index contributed by atoms with van der Waals surface area (Å²) in [6.45, 7) is 4.97. The van der Waals surface area contributed by atoms with E-state index in [0.29, 0.717) is 41.4 Å². The number of nitrogens with zero attached hydrogens (tertiary/aromatic N) is 3. The minimum Gasteiger partial charge on any atom is -0.493 e. The Morgan fingerprint density at radius 3 is 2.58 bits per heavy atom. The number of carbonyl (C=O) groups is 1. The molecule has 1 unspecified atom stereocenters. The molecule has 8 nitrogen and oxygen atoms in total. The van der Waals surface area contributed by atoms with Gasteiger partial charge in [0.1, 0.15) is 5.82 Å². The third-order valence-corrected chi connectivity index (χ3v) is 5.09. The molecule has 0 aliphatic rings. The van der Waals surface area contributed by atoms with Crippen molar-refractivity contribution in [3.63, 3.8) is 0 Å². The smallest absolute Gasteiger partial charge is 0.253 e. The van der Waals surface area contributed by atoms with Gasteiger partial charge in [-0.1, -0.05) is 6.07 Å². The molecule has 1 aromatic heterocycles. The highest BCUT2D eigenvalue weighted by molar-refractivity contribution is 6.00. The number of aryl methyl sites for hydroxylation is 1. The molecule has 33 heavy (non-hydrogen) atoms. The molecule has 0 radical (unpaired) electrons. The first-order valence-electron chi connectivity index (χ1n) is 10.2. The van der Waals surface area contributed by atoms with Crippen molar-refractivity contribution in [2.24, 2.45) is 0 Å². The van der Waals surface area contributed by atoms with Crippen molar-refractivity contribution in [1.82, 2.24) is 14.9 Å². The molecule has 174 valence electrons. The Morgan fingerprint density at radius 1 is 1.18 bits per heavy atom. The Hall–Kier alpha value is -3.70. The van der Waals surface area contributed by atoms with Crippen molar-refractivity contribution in [3.8, 4) is 17.6 Å². The third kappa shape index (κ3) is 6.40. The van der Waals surface area contributed by atoms with Gasteiger partial charge in [-0.2, -0.15) is 5.26 Å². The maximum Gasteiger partial charge on any atom is 0.253 e. The van der Waals surface area contributed by atoms with Crippen LogP contribution in [0.2, 0.25) is 0 Å². The van der Waals surface area contributed by atoms with Gasteiger partial charge in [-0.3, -0.25) is 4.79 Å². The molecule has 1 amide bonds. The molecule has 9 heteroatoms. The quantitative estimate of drug-likeness (QED) is 0.492. The molecule has 0 aliphatic heterocycles. The van der Waals surface area contributed by atoms with E-state index < -0.39 is 0 Å². The zero-order valence-corrected chi connectivity index (χ0v) is 19.9. The minimum absolute atomic E-state index is 0. The summed E-state index contributed by atoms with van der Waals surface area (Å²) in [5, 5.41) is 15.6. The van der Waals surface area contributed by atoms with Crippen molar-refractivity contribution < 1.29 is 14.3 Å². The molecule has 0 fully saturated rings. The van der Waals surface area contributed by atoms with Gasteiger partial charge in [0.15, 0.2) is 11.5 Å². The second kappa shape index (κ2) is 11.8. The lowest BCUT2D eigenvalue weighted by atomic mass is 10.1. The molecule has 3 aromatic rings. The van der Waals surface area contributed by atoms with Crippen LogP contribution < -0.4 is 20.1 Å². The summed E-state index contributed by atoms with van der Waals surface area (Å²) in [5.74, 6) is 1.87. The number of halogens is 1. The van der Waals surface area contributed by atoms with E-state index in [0.717, 1.165) is 11.4 Å². The molecular formula is C24H28ClN5O3. The summed E-state index contributed by atoms with van der Waals surface area (Å²) < 4.78 is 12.6. The van der Waals surface area contributed by atoms with Crippen molar-refractivity contribution in [2.45, 2.75) is 33.0 Å². The van der Waals surface area contributed by atoms with Crippen molar-refractivity contribution in [1.29, 1.82) is 5.26 Å². The monoisotopic (exact) mass is 469 g/mol. The first kappa shape index (κ1) is 25.6. The fraction of sp³-hybridized carbons (Fsp3) is 0.292. The van der Waals surface area contributed by atoms with Gasteiger partial charge < -0.3 is 24.7 Å². The van der Waals surface area contributed by atoms with Crippen LogP contribution in [0.5, 0.6) is 11.5 Å². The number of hydrogen-bond acceptors (Lipinski definition) is 6. The Bertz CT molecular complexity index is 1140. The van der Waals surface area contributed by atoms with Crippen LogP contribution in [0.4, 0.5) is 5.69 Å². The fourth-order valence-corrected chi connectivity index (χ4v) is 3.40. The SMILES string of the molecule is COc1ccc(CNC(=O)c2cc(C#N)ccc2NC(C)Cn2ccnc2C)cc1OC.Cl. The number of nitriles is 1. The highest BCUT2D eigenvalue weighted by Gasteiger charge is 2.15. The molecule has 2 aromatic carbocycles. The second-order valence-electron chi connectivity index (χ2n) is 7.42. The van der Waals surface area contributed by atoms with Crippen LogP contribution in [0.25, 0.3) is 0 Å². The van der Waals surface area contributed by atoms with Gasteiger partial charge in [-0.15, -0.1) is 12.4 Å². The van der Waals surface area contributed by atoms with E-state index in [1.54, 1.807) is 44.7 Å². The first-order chi connectivity index (χ1) is 15.4. The molecular weight excluding hydrogens is 442 g/mol. The Kier molecular flexibility index (Phi) is 9.13. The lowest BCUT2D eigenvalue weighted by Gasteiger charge is -2.19. The summed E-state index contributed by atoms with van der Waals surface area (Å²) in [6.07, 6.45) is 3.68. The van der Waals surface area contributed by atoms with Crippen LogP contribution in [-0.2, 0) is 13.1 Å². The molecule has 0 spiro atoms. The largest absolute Gasteiger partial charge is 0.493 e. The van der Waals surface area contributed by atoms with Crippen molar-refractivity contribution in [2.75, 3.05) is 19.5 Å². The van der Waals surface area contributed by atoms with E-state index in [2.05, 4.69) is 21.7 Å². The summed E-state index contributed by atoms with van der Waals surface area (Å²) in [7, 11) is 3.14. The van der Waals surface area contributed by atoms with Crippen LogP contribution in [0.15, 0.2) is 48.8 Å². The molecule has 1 atom stereocenters. The fourth-order valence-electron chi connectivity index (χ4n) is 3.40. The van der Waals surface area contributed by atoms with E-state index in [1.807, 2.05) is 36.7 Å². The average molecular weight is 470 g/mol. The maximum absolute atomic E-state index is 13.0. The van der Waals surface area contributed by atoms with Gasteiger partial charge >= 0.3 is 0 Å². The zero-order valence-electron chi connectivity index (χ0n) is 19.1. The van der Waals surface area contributed by atoms with Gasteiger partial charge in [0.2, 0.25) is 0 Å². The highest BCUT2D eigenvalue weighted by atomic mass is 35.5. The molecule has 0 aliphatic carbocycles. The number of anilines is 1. The summed E-state index contributed by atoms with van der Waals surface area (Å²) in [4.78, 5) is 17.2. The maximum atomic E-state index is 13.0. The van der Waals surface area contributed by atoms with Crippen LogP contribution in [0.3, 0.4) is 0 Å². The second-order valence-corrected chi connectivity index (χ2v) is 7.42. The van der Waals surface area contributed by atoms with E-state index in [1.165, 1.54) is 0 Å². The molecule has 0 saturated carbocycles. The van der Waals surface area contributed by atoms with Gasteiger partial charge in [-0.05, 0) is 49.7 Å². The first-order valence-corrected chi connectivity index (χ1v) is 10.2. The topological polar surface area (TPSA) is 101 Å². The Labute approximate surface area is 200 Å². The van der Waals surface area contributed by atoms with Crippen molar-refractivity contribution >= 4 is 24.0 Å². The highest BCUT2D eigenvalue weighted by Crippen LogP contribution is 2.27. The predicted molar refractivity (Wildman–Crippen MR) is 129 cm³/mol. The molecule has 2 N–H and O–H groups in total. The van der Waals surface area contributed by atoms with E-state index in [4.69, 9.17) is 9.47 Å². The molecule has 0 bridgehead atoms. The number of imidazole rings is 1. The number of carbonyl (C=O) groups excluding carboxylic acids is 1. The standard InChI is InChI=1S/C24H27N5O3.ClH/c1-16(15-29-10-9-26-17(29)2)28-21-7-5-18(13-25)11-20(21)24(30)27-14-19-6-8-22(31-3)23(12-19)32-4;/h5-12,16,28H,14-15H2,1-4H3,(H,27,30);1H. The van der Waals surface area contributed by atoms with Gasteiger partial charge in [0.25, 0.3) is 5.91 Å². The van der Waals surface area contributed by atoms with Crippen molar-refractivity contribution in [3.05, 3.63) is 71.3 Å². The van der Waals surface area contributed by atoms with Gasteiger partial charge in [0.05, 0.1) is 31.4 Å². The van der Waals surface area contributed by atoms with Gasteiger partial charge in [0, 0.05) is 37.2 Å². The number of rotatable bonds is 9. The van der Waals surface area contributed by atoms with E-state index in [-0.39, 0.29) is 24.4 Å². The van der Waals surface area contributed by atoms with E-state index in [9.17, 15) is 10.1 Å². The van der Waals surface area contributed by atoms with Crippen LogP contribution in [-0.4, -0.2) is 35.7 Å². The summed E-state index contributed by atoms with van der Waals surface area (Å²) in [6, 6.07) is 12.7. The number of aromatic nitrogens is 2. The number of ether oxygens (including phenoxy) is 2. The van der Waals surface area contributed by atoms with Crippen LogP contribution >= 0.6 is 12.4 Å². The third-order valence-electron chi connectivity index (χ3n) is 5.09. The zero-order chi connectivity index (χ0) is 23.1. The van der Waals surface area contributed by atoms with E-state index >= 15 is 0 Å². The number of nitrogens with one attached hydrogen (secondary N) is 2. The summed E-state index contributed by atoms with van der Waals surface area (Å²) >= 11 is 0. The van der Waals surface area contributed by atoms with Crippen LogP contribution in [0.1, 0.15) is 34.2 Å². The molecule has 0 saturated heterocycles. The minimum atomic E-state index is -0.273. The lowest BCUT2D eigenvalue weighted by molar-refractivity contribution is 0.0951.